The van der Waals surface area contributed by atoms with Gasteiger partial charge in [0.05, 0.1) is 11.7 Å². The van der Waals surface area contributed by atoms with Crippen molar-refractivity contribution in [2.45, 2.75) is 58.3 Å². The number of likely N-dealkylation sites (N-methyl/N-ethyl adjacent to an activating group) is 1. The van der Waals surface area contributed by atoms with Gasteiger partial charge in [0.15, 0.2) is 0 Å². The van der Waals surface area contributed by atoms with E-state index in [1.807, 2.05) is 6.92 Å². The number of nitrogens with zero attached hydrogens (tertiary/aromatic N) is 2. The van der Waals surface area contributed by atoms with Crippen molar-refractivity contribution in [1.29, 1.82) is 0 Å². The highest BCUT2D eigenvalue weighted by atomic mass is 16.2. The van der Waals surface area contributed by atoms with Crippen LogP contribution in [0.25, 0.3) is 0 Å². The number of hydrogen-bond acceptors (Lipinski definition) is 3. The van der Waals surface area contributed by atoms with Crippen LogP contribution in [0.3, 0.4) is 0 Å². The van der Waals surface area contributed by atoms with Crippen molar-refractivity contribution in [2.24, 2.45) is 5.92 Å². The molecule has 3 atom stereocenters. The van der Waals surface area contributed by atoms with Crippen LogP contribution in [0.15, 0.2) is 0 Å². The van der Waals surface area contributed by atoms with Gasteiger partial charge in [-0.2, -0.15) is 0 Å². The van der Waals surface area contributed by atoms with Crippen molar-refractivity contribution >= 4 is 5.91 Å². The zero-order chi connectivity index (χ0) is 13.5. The van der Waals surface area contributed by atoms with Gasteiger partial charge >= 0.3 is 0 Å². The second-order valence-electron chi connectivity index (χ2n) is 6.44. The standard InChI is InChI=1S/C14H27N3O/c1-6-14(4)13(18)17(12(15-14)10(2)3)11-7-8-16(5)9-11/h10-12,15H,6-9H2,1-5H3. The van der Waals surface area contributed by atoms with Crippen LogP contribution >= 0.6 is 0 Å². The fourth-order valence-corrected chi connectivity index (χ4v) is 3.14. The van der Waals surface area contributed by atoms with Gasteiger partial charge in [0.1, 0.15) is 0 Å². The Hall–Kier alpha value is -0.610. The summed E-state index contributed by atoms with van der Waals surface area (Å²) in [6.45, 7) is 10.6. The molecule has 4 heteroatoms. The average Bonchev–Trinajstić information content (AvgIpc) is 2.83. The lowest BCUT2D eigenvalue weighted by molar-refractivity contribution is -0.135. The van der Waals surface area contributed by atoms with Crippen molar-refractivity contribution in [3.8, 4) is 0 Å². The van der Waals surface area contributed by atoms with E-state index in [1.165, 1.54) is 0 Å². The number of amides is 1. The van der Waals surface area contributed by atoms with Crippen molar-refractivity contribution in [3.05, 3.63) is 0 Å². The summed E-state index contributed by atoms with van der Waals surface area (Å²) in [7, 11) is 2.14. The Morgan fingerprint density at radius 1 is 1.50 bits per heavy atom. The van der Waals surface area contributed by atoms with Gasteiger partial charge in [-0.15, -0.1) is 0 Å². The molecular weight excluding hydrogens is 226 g/mol. The summed E-state index contributed by atoms with van der Waals surface area (Å²) in [5.74, 6) is 0.747. The Morgan fingerprint density at radius 3 is 2.61 bits per heavy atom. The average molecular weight is 253 g/mol. The van der Waals surface area contributed by atoms with E-state index < -0.39 is 0 Å². The maximum absolute atomic E-state index is 12.7. The fourth-order valence-electron chi connectivity index (χ4n) is 3.14. The molecule has 1 amide bonds. The minimum absolute atomic E-state index is 0.193. The van der Waals surface area contributed by atoms with Gasteiger partial charge in [0, 0.05) is 12.6 Å². The third-order valence-corrected chi connectivity index (χ3v) is 4.57. The van der Waals surface area contributed by atoms with E-state index in [0.717, 1.165) is 25.9 Å². The lowest BCUT2D eigenvalue weighted by atomic mass is 9.99. The second kappa shape index (κ2) is 4.82. The molecule has 0 spiro atoms. The SMILES string of the molecule is CCC1(C)NC(C(C)C)N(C2CCN(C)C2)C1=O. The van der Waals surface area contributed by atoms with E-state index >= 15 is 0 Å². The zero-order valence-corrected chi connectivity index (χ0v) is 12.4. The molecular formula is C14H27N3O. The third-order valence-electron chi connectivity index (χ3n) is 4.57. The maximum Gasteiger partial charge on any atom is 0.244 e. The van der Waals surface area contributed by atoms with E-state index in [1.54, 1.807) is 0 Å². The Labute approximate surface area is 111 Å². The van der Waals surface area contributed by atoms with Crippen LogP contribution in [0.2, 0.25) is 0 Å². The Kier molecular flexibility index (Phi) is 3.70. The quantitative estimate of drug-likeness (QED) is 0.823. The van der Waals surface area contributed by atoms with Crippen LogP contribution in [-0.4, -0.2) is 53.6 Å². The molecule has 2 heterocycles. The van der Waals surface area contributed by atoms with Crippen LogP contribution < -0.4 is 5.32 Å². The molecule has 1 N–H and O–H groups in total. The third kappa shape index (κ3) is 2.16. The first-order valence-corrected chi connectivity index (χ1v) is 7.18. The van der Waals surface area contributed by atoms with Gasteiger partial charge < -0.3 is 9.80 Å². The summed E-state index contributed by atoms with van der Waals surface area (Å²) < 4.78 is 0. The molecule has 0 aromatic rings. The van der Waals surface area contributed by atoms with Crippen molar-refractivity contribution in [2.75, 3.05) is 20.1 Å². The van der Waals surface area contributed by atoms with E-state index in [-0.39, 0.29) is 11.7 Å². The Bertz CT molecular complexity index is 331. The molecule has 0 aliphatic carbocycles. The Balaban J connectivity index is 2.22. The highest BCUT2D eigenvalue weighted by Crippen LogP contribution is 2.31. The number of nitrogens with one attached hydrogen (secondary N) is 1. The van der Waals surface area contributed by atoms with Crippen LogP contribution in [-0.2, 0) is 4.79 Å². The van der Waals surface area contributed by atoms with Crippen LogP contribution in [0.4, 0.5) is 0 Å². The predicted octanol–water partition coefficient (Wildman–Crippen LogP) is 1.27. The van der Waals surface area contributed by atoms with Crippen molar-refractivity contribution in [3.63, 3.8) is 0 Å². The van der Waals surface area contributed by atoms with Crippen molar-refractivity contribution < 1.29 is 4.79 Å². The van der Waals surface area contributed by atoms with Gasteiger partial charge in [0.2, 0.25) is 5.91 Å². The summed E-state index contributed by atoms with van der Waals surface area (Å²) >= 11 is 0. The van der Waals surface area contributed by atoms with Gasteiger partial charge in [-0.1, -0.05) is 20.8 Å². The van der Waals surface area contributed by atoms with Crippen molar-refractivity contribution in [1.82, 2.24) is 15.1 Å². The van der Waals surface area contributed by atoms with Gasteiger partial charge in [0.25, 0.3) is 0 Å². The summed E-state index contributed by atoms with van der Waals surface area (Å²) in [5.41, 5.74) is -0.365. The molecule has 0 radical (unpaired) electrons. The predicted molar refractivity (Wildman–Crippen MR) is 73.2 cm³/mol. The van der Waals surface area contributed by atoms with Crippen LogP contribution in [0.5, 0.6) is 0 Å². The van der Waals surface area contributed by atoms with E-state index in [4.69, 9.17) is 0 Å². The van der Waals surface area contributed by atoms with E-state index in [9.17, 15) is 4.79 Å². The molecule has 2 saturated heterocycles. The summed E-state index contributed by atoms with van der Waals surface area (Å²) in [4.78, 5) is 17.2. The normalized spacial score (nSPS) is 38.1. The highest BCUT2D eigenvalue weighted by molar-refractivity contribution is 5.88. The molecule has 0 saturated carbocycles. The van der Waals surface area contributed by atoms with Gasteiger partial charge in [-0.05, 0) is 39.3 Å². The molecule has 0 bridgehead atoms. The van der Waals surface area contributed by atoms with Crippen LogP contribution in [0.1, 0.15) is 40.5 Å². The van der Waals surface area contributed by atoms with Crippen LogP contribution in [0, 0.1) is 5.92 Å². The number of rotatable bonds is 3. The molecule has 2 aliphatic rings. The van der Waals surface area contributed by atoms with Gasteiger partial charge in [-0.25, -0.2) is 0 Å². The monoisotopic (exact) mass is 253 g/mol. The maximum atomic E-state index is 12.7. The number of likely N-dealkylation sites (tertiary alicyclic amines) is 1. The first-order chi connectivity index (χ1) is 8.39. The molecule has 2 rings (SSSR count). The molecule has 104 valence electrons. The lowest BCUT2D eigenvalue weighted by Gasteiger charge is -2.32. The molecule has 18 heavy (non-hydrogen) atoms. The van der Waals surface area contributed by atoms with E-state index in [0.29, 0.717) is 17.9 Å². The number of hydrogen-bond donors (Lipinski definition) is 1. The van der Waals surface area contributed by atoms with E-state index in [2.05, 4.69) is 42.9 Å². The summed E-state index contributed by atoms with van der Waals surface area (Å²) in [6, 6.07) is 0.385. The van der Waals surface area contributed by atoms with Gasteiger partial charge in [-0.3, -0.25) is 10.1 Å². The molecule has 2 aliphatic heterocycles. The smallest absolute Gasteiger partial charge is 0.244 e. The first-order valence-electron chi connectivity index (χ1n) is 7.18. The zero-order valence-electron chi connectivity index (χ0n) is 12.4. The summed E-state index contributed by atoms with van der Waals surface area (Å²) in [6.07, 6.45) is 2.15. The number of carbonyl (C=O) groups is 1. The number of carbonyl (C=O) groups excluding carboxylic acids is 1. The molecule has 0 aromatic carbocycles. The molecule has 2 fully saturated rings. The minimum atomic E-state index is -0.365. The fraction of sp³-hybridized carbons (Fsp3) is 0.929. The first kappa shape index (κ1) is 13.8. The molecule has 0 aromatic heterocycles. The molecule has 3 unspecified atom stereocenters. The topological polar surface area (TPSA) is 35.6 Å². The minimum Gasteiger partial charge on any atom is -0.321 e. The highest BCUT2D eigenvalue weighted by Gasteiger charge is 2.50. The second-order valence-corrected chi connectivity index (χ2v) is 6.44. The Morgan fingerprint density at radius 2 is 2.17 bits per heavy atom. The lowest BCUT2D eigenvalue weighted by Crippen LogP contribution is -2.48. The molecule has 4 nitrogen and oxygen atoms in total. The largest absolute Gasteiger partial charge is 0.321 e. The summed E-state index contributed by atoms with van der Waals surface area (Å²) in [5, 5.41) is 3.57.